The van der Waals surface area contributed by atoms with Gasteiger partial charge in [-0.15, -0.1) is 0 Å². The molecule has 2 heterocycles. The lowest BCUT2D eigenvalue weighted by molar-refractivity contribution is -0.137. The average Bonchev–Trinajstić information content (AvgIpc) is 2.97. The van der Waals surface area contributed by atoms with Gasteiger partial charge in [-0.05, 0) is 37.1 Å². The van der Waals surface area contributed by atoms with Crippen LogP contribution in [0.5, 0.6) is 0 Å². The van der Waals surface area contributed by atoms with Crippen molar-refractivity contribution in [3.8, 4) is 0 Å². The number of hydrogen-bond donors (Lipinski definition) is 3. The predicted octanol–water partition coefficient (Wildman–Crippen LogP) is 2.57. The summed E-state index contributed by atoms with van der Waals surface area (Å²) >= 11 is 0. The van der Waals surface area contributed by atoms with E-state index in [1.807, 2.05) is 11.6 Å². The van der Waals surface area contributed by atoms with Gasteiger partial charge in [-0.1, -0.05) is 6.08 Å². The second-order valence-electron chi connectivity index (χ2n) is 7.49. The lowest BCUT2D eigenvalue weighted by atomic mass is 9.99. The minimum Gasteiger partial charge on any atom is -0.481 e. The number of aromatic nitrogens is 1. The first-order chi connectivity index (χ1) is 13.8. The summed E-state index contributed by atoms with van der Waals surface area (Å²) in [4.78, 5) is 24.6. The molecule has 2 aromatic rings. The molecule has 1 aromatic carbocycles. The number of urea groups is 1. The molecule has 3 N–H and O–H groups in total. The molecule has 1 aromatic heterocycles. The number of carbonyl (C=O) groups excluding carboxylic acids is 1. The Kier molecular flexibility index (Phi) is 6.53. The van der Waals surface area contributed by atoms with Crippen LogP contribution < -0.4 is 10.6 Å². The number of aryl methyl sites for hydroxylation is 1. The van der Waals surface area contributed by atoms with Crippen LogP contribution in [0.15, 0.2) is 30.5 Å². The summed E-state index contributed by atoms with van der Waals surface area (Å²) in [5.74, 6) is -1.17. The molecule has 0 aliphatic carbocycles. The third kappa shape index (κ3) is 5.35. The highest BCUT2D eigenvalue weighted by Crippen LogP contribution is 2.31. The van der Waals surface area contributed by atoms with Gasteiger partial charge >= 0.3 is 12.0 Å². The van der Waals surface area contributed by atoms with Crippen LogP contribution in [-0.2, 0) is 11.8 Å². The second kappa shape index (κ2) is 9.09. The smallest absolute Gasteiger partial charge is 0.315 e. The van der Waals surface area contributed by atoms with Gasteiger partial charge in [0.1, 0.15) is 5.82 Å². The minimum atomic E-state index is -0.942. The van der Waals surface area contributed by atoms with E-state index < -0.39 is 12.0 Å². The number of carbonyl (C=O) groups is 2. The number of carboxylic acid groups (broad SMARTS) is 1. The van der Waals surface area contributed by atoms with Crippen LogP contribution in [0.2, 0.25) is 0 Å². The van der Waals surface area contributed by atoms with Gasteiger partial charge in [-0.3, -0.25) is 9.69 Å². The van der Waals surface area contributed by atoms with Gasteiger partial charge in [0.2, 0.25) is 0 Å². The van der Waals surface area contributed by atoms with Gasteiger partial charge < -0.3 is 20.3 Å². The third-order valence-corrected chi connectivity index (χ3v) is 5.16. The quantitative estimate of drug-likeness (QED) is 0.664. The number of carboxylic acids is 1. The third-order valence-electron chi connectivity index (χ3n) is 5.16. The van der Waals surface area contributed by atoms with Crippen molar-refractivity contribution in [3.63, 3.8) is 0 Å². The molecule has 3 rings (SSSR count). The zero-order valence-electron chi connectivity index (χ0n) is 16.7. The Morgan fingerprint density at radius 2 is 2.14 bits per heavy atom. The van der Waals surface area contributed by atoms with Crippen molar-refractivity contribution in [1.29, 1.82) is 0 Å². The molecule has 29 heavy (non-hydrogen) atoms. The maximum Gasteiger partial charge on any atom is 0.315 e. The van der Waals surface area contributed by atoms with E-state index in [4.69, 9.17) is 5.11 Å². The SMILES string of the molecule is CC(CC(=O)O)NC(=O)NCCN1CC=C(c2cn(C)c3ccc(F)cc23)CC1. The van der Waals surface area contributed by atoms with E-state index in [-0.39, 0.29) is 18.3 Å². The van der Waals surface area contributed by atoms with Crippen molar-refractivity contribution in [2.45, 2.75) is 25.8 Å². The highest BCUT2D eigenvalue weighted by Gasteiger charge is 2.17. The number of halogens is 1. The number of hydrogen-bond acceptors (Lipinski definition) is 3. The van der Waals surface area contributed by atoms with Crippen molar-refractivity contribution >= 4 is 28.5 Å². The Balaban J connectivity index is 1.51. The van der Waals surface area contributed by atoms with Crippen molar-refractivity contribution in [1.82, 2.24) is 20.1 Å². The fraction of sp³-hybridized carbons (Fsp3) is 0.429. The van der Waals surface area contributed by atoms with Crippen molar-refractivity contribution < 1.29 is 19.1 Å². The number of benzene rings is 1. The fourth-order valence-corrected chi connectivity index (χ4v) is 3.69. The second-order valence-corrected chi connectivity index (χ2v) is 7.49. The Bertz CT molecular complexity index is 937. The zero-order valence-corrected chi connectivity index (χ0v) is 16.7. The normalized spacial score (nSPS) is 15.8. The Morgan fingerprint density at radius 1 is 1.34 bits per heavy atom. The largest absolute Gasteiger partial charge is 0.481 e. The minimum absolute atomic E-state index is 0.106. The molecule has 156 valence electrons. The first-order valence-electron chi connectivity index (χ1n) is 9.76. The van der Waals surface area contributed by atoms with E-state index in [1.54, 1.807) is 19.1 Å². The zero-order chi connectivity index (χ0) is 21.0. The number of nitrogens with zero attached hydrogens (tertiary/aromatic N) is 2. The van der Waals surface area contributed by atoms with Gasteiger partial charge in [0, 0.05) is 61.9 Å². The summed E-state index contributed by atoms with van der Waals surface area (Å²) in [5.41, 5.74) is 3.30. The number of rotatable bonds is 7. The van der Waals surface area contributed by atoms with Crippen LogP contribution in [-0.4, -0.2) is 58.8 Å². The van der Waals surface area contributed by atoms with Crippen molar-refractivity contribution in [2.24, 2.45) is 7.05 Å². The Labute approximate surface area is 169 Å². The molecular formula is C21H27FN4O3. The molecular weight excluding hydrogens is 375 g/mol. The molecule has 0 spiro atoms. The Morgan fingerprint density at radius 3 is 2.83 bits per heavy atom. The lowest BCUT2D eigenvalue weighted by Crippen LogP contribution is -2.44. The van der Waals surface area contributed by atoms with E-state index in [9.17, 15) is 14.0 Å². The summed E-state index contributed by atoms with van der Waals surface area (Å²) in [6.45, 7) is 4.46. The molecule has 7 nitrogen and oxygen atoms in total. The van der Waals surface area contributed by atoms with E-state index in [0.717, 1.165) is 36.0 Å². The number of nitrogens with one attached hydrogen (secondary N) is 2. The fourth-order valence-electron chi connectivity index (χ4n) is 3.69. The van der Waals surface area contributed by atoms with Gasteiger partial charge in [0.05, 0.1) is 6.42 Å². The van der Waals surface area contributed by atoms with Crippen LogP contribution in [0.25, 0.3) is 16.5 Å². The monoisotopic (exact) mass is 402 g/mol. The molecule has 2 amide bonds. The summed E-state index contributed by atoms with van der Waals surface area (Å²) < 4.78 is 15.7. The number of amides is 2. The highest BCUT2D eigenvalue weighted by atomic mass is 19.1. The lowest BCUT2D eigenvalue weighted by Gasteiger charge is -2.26. The maximum absolute atomic E-state index is 13.7. The topological polar surface area (TPSA) is 86.6 Å². The molecule has 8 heteroatoms. The predicted molar refractivity (Wildman–Crippen MR) is 110 cm³/mol. The molecule has 0 saturated heterocycles. The summed E-state index contributed by atoms with van der Waals surface area (Å²) in [6.07, 6.45) is 4.97. The van der Waals surface area contributed by atoms with Crippen LogP contribution in [0.4, 0.5) is 9.18 Å². The molecule has 0 saturated carbocycles. The highest BCUT2D eigenvalue weighted by molar-refractivity contribution is 5.93. The molecule has 1 aliphatic heterocycles. The number of fused-ring (bicyclic) bond motifs is 1. The van der Waals surface area contributed by atoms with E-state index >= 15 is 0 Å². The molecule has 0 radical (unpaired) electrons. The summed E-state index contributed by atoms with van der Waals surface area (Å²) in [6, 6.07) is 4.10. The standard InChI is InChI=1S/C21H27FN4O3/c1-14(11-20(27)28)24-21(29)23-7-10-26-8-5-15(6-9-26)18-13-25(2)19-4-3-16(22)12-17(18)19/h3-5,12-14H,6-11H2,1-2H3,(H,27,28)(H2,23,24,29). The molecule has 1 atom stereocenters. The Hall–Kier alpha value is -2.87. The molecule has 0 fully saturated rings. The molecule has 1 aliphatic rings. The van der Waals surface area contributed by atoms with E-state index in [1.165, 1.54) is 11.6 Å². The average molecular weight is 402 g/mol. The number of aliphatic carboxylic acids is 1. The molecule has 1 unspecified atom stereocenters. The van der Waals surface area contributed by atoms with E-state index in [0.29, 0.717) is 13.1 Å². The first-order valence-corrected chi connectivity index (χ1v) is 9.76. The summed E-state index contributed by atoms with van der Waals surface area (Å²) in [5, 5.41) is 15.0. The van der Waals surface area contributed by atoms with Crippen molar-refractivity contribution in [3.05, 3.63) is 41.9 Å². The van der Waals surface area contributed by atoms with Crippen LogP contribution in [0.1, 0.15) is 25.3 Å². The van der Waals surface area contributed by atoms with Crippen LogP contribution >= 0.6 is 0 Å². The van der Waals surface area contributed by atoms with Gasteiger partial charge in [0.15, 0.2) is 0 Å². The maximum atomic E-state index is 13.7. The summed E-state index contributed by atoms with van der Waals surface area (Å²) in [7, 11) is 1.97. The van der Waals surface area contributed by atoms with Gasteiger partial charge in [-0.2, -0.15) is 0 Å². The van der Waals surface area contributed by atoms with Gasteiger partial charge in [0.25, 0.3) is 0 Å². The first kappa shape index (κ1) is 20.9. The van der Waals surface area contributed by atoms with Gasteiger partial charge in [-0.25, -0.2) is 9.18 Å². The molecule has 0 bridgehead atoms. The van der Waals surface area contributed by atoms with Crippen molar-refractivity contribution in [2.75, 3.05) is 26.2 Å². The van der Waals surface area contributed by atoms with Crippen LogP contribution in [0, 0.1) is 5.82 Å². The van der Waals surface area contributed by atoms with E-state index in [2.05, 4.69) is 27.8 Å². The van der Waals surface area contributed by atoms with Crippen LogP contribution in [0.3, 0.4) is 0 Å².